The molecule has 0 unspecified atom stereocenters. The molecule has 0 spiro atoms. The lowest BCUT2D eigenvalue weighted by molar-refractivity contribution is -0.138. The van der Waals surface area contributed by atoms with E-state index in [1.807, 2.05) is 12.3 Å². The van der Waals surface area contributed by atoms with Crippen molar-refractivity contribution in [3.63, 3.8) is 0 Å². The van der Waals surface area contributed by atoms with Crippen molar-refractivity contribution in [3.05, 3.63) is 24.2 Å². The van der Waals surface area contributed by atoms with Crippen molar-refractivity contribution < 1.29 is 4.79 Å². The van der Waals surface area contributed by atoms with Crippen molar-refractivity contribution in [2.24, 2.45) is 0 Å². The molecule has 0 radical (unpaired) electrons. The molecule has 28 heavy (non-hydrogen) atoms. The van der Waals surface area contributed by atoms with Crippen LogP contribution in [0.15, 0.2) is 18.3 Å². The zero-order valence-electron chi connectivity index (χ0n) is 17.3. The van der Waals surface area contributed by atoms with E-state index in [1.54, 1.807) is 0 Å². The molecule has 2 aromatic heterocycles. The second-order valence-corrected chi connectivity index (χ2v) is 8.40. The molecule has 1 atom stereocenters. The minimum Gasteiger partial charge on any atom is -0.341 e. The molecule has 0 bridgehead atoms. The number of carbonyl (C=O) groups excluding carboxylic acids is 1. The third-order valence-corrected chi connectivity index (χ3v) is 6.44. The first kappa shape index (κ1) is 19.4. The summed E-state index contributed by atoms with van der Waals surface area (Å²) >= 11 is 0. The smallest absolute Gasteiger partial charge is 0.239 e. The number of carbonyl (C=O) groups is 1. The van der Waals surface area contributed by atoms with Crippen molar-refractivity contribution >= 4 is 17.1 Å². The van der Waals surface area contributed by atoms with E-state index in [0.29, 0.717) is 11.9 Å². The normalized spacial score (nSPS) is 22.5. The van der Waals surface area contributed by atoms with Crippen LogP contribution in [0, 0.1) is 0 Å². The van der Waals surface area contributed by atoms with Crippen LogP contribution in [0.25, 0.3) is 11.2 Å². The standard InChI is InChI=1S/C22H33N5O/c1-3-8-20-24-18-9-7-13-23-21(18)27(20)17-11-15-26(16-12-17)22(28)19-10-5-4-6-14-25(19)2/h7,9,13,17,19H,3-6,8,10-12,14-16H2,1-2H3/t19-/m1/s1. The molecule has 2 fully saturated rings. The molecule has 0 saturated carbocycles. The number of imidazole rings is 1. The Kier molecular flexibility index (Phi) is 5.95. The van der Waals surface area contributed by atoms with Gasteiger partial charge in [-0.25, -0.2) is 9.97 Å². The van der Waals surface area contributed by atoms with Crippen LogP contribution in [0.2, 0.25) is 0 Å². The van der Waals surface area contributed by atoms with Gasteiger partial charge in [-0.15, -0.1) is 0 Å². The van der Waals surface area contributed by atoms with Gasteiger partial charge in [-0.05, 0) is 57.8 Å². The predicted molar refractivity (Wildman–Crippen MR) is 111 cm³/mol. The third kappa shape index (κ3) is 3.79. The van der Waals surface area contributed by atoms with Gasteiger partial charge in [0.05, 0.1) is 6.04 Å². The number of aromatic nitrogens is 3. The second kappa shape index (κ2) is 8.60. The minimum absolute atomic E-state index is 0.0745. The number of rotatable bonds is 4. The summed E-state index contributed by atoms with van der Waals surface area (Å²) in [7, 11) is 2.11. The fourth-order valence-corrected chi connectivity index (χ4v) is 4.88. The minimum atomic E-state index is 0.0745. The molecule has 0 aliphatic carbocycles. The molecule has 0 aromatic carbocycles. The quantitative estimate of drug-likeness (QED) is 0.812. The first-order chi connectivity index (χ1) is 13.7. The Hall–Kier alpha value is -1.95. The van der Waals surface area contributed by atoms with Crippen molar-refractivity contribution in [1.82, 2.24) is 24.3 Å². The largest absolute Gasteiger partial charge is 0.341 e. The van der Waals surface area contributed by atoms with E-state index in [2.05, 4.69) is 39.4 Å². The maximum atomic E-state index is 13.1. The first-order valence-corrected chi connectivity index (χ1v) is 11.0. The van der Waals surface area contributed by atoms with Gasteiger partial charge in [0.15, 0.2) is 5.65 Å². The van der Waals surface area contributed by atoms with Crippen LogP contribution in [-0.2, 0) is 11.2 Å². The summed E-state index contributed by atoms with van der Waals surface area (Å²) in [6.45, 7) is 4.92. The number of likely N-dealkylation sites (tertiary alicyclic amines) is 2. The Morgan fingerprint density at radius 2 is 1.96 bits per heavy atom. The molecule has 152 valence electrons. The van der Waals surface area contributed by atoms with Gasteiger partial charge in [-0.2, -0.15) is 0 Å². The zero-order chi connectivity index (χ0) is 19.5. The van der Waals surface area contributed by atoms with Gasteiger partial charge in [-0.1, -0.05) is 19.8 Å². The average Bonchev–Trinajstić information content (AvgIpc) is 2.94. The molecule has 1 amide bonds. The van der Waals surface area contributed by atoms with Gasteiger partial charge in [0.1, 0.15) is 11.3 Å². The Balaban J connectivity index is 1.48. The van der Waals surface area contributed by atoms with Crippen LogP contribution in [0.5, 0.6) is 0 Å². The summed E-state index contributed by atoms with van der Waals surface area (Å²) in [6, 6.07) is 4.47. The van der Waals surface area contributed by atoms with Crippen LogP contribution in [0.1, 0.15) is 63.7 Å². The van der Waals surface area contributed by atoms with Gasteiger partial charge in [0.25, 0.3) is 0 Å². The van der Waals surface area contributed by atoms with E-state index < -0.39 is 0 Å². The van der Waals surface area contributed by atoms with Gasteiger partial charge in [-0.3, -0.25) is 9.69 Å². The molecule has 2 aliphatic heterocycles. The number of aryl methyl sites for hydroxylation is 1. The Bertz CT molecular complexity index is 808. The fraction of sp³-hybridized carbons (Fsp3) is 0.682. The van der Waals surface area contributed by atoms with Crippen LogP contribution >= 0.6 is 0 Å². The number of pyridine rings is 1. The van der Waals surface area contributed by atoms with Gasteiger partial charge in [0, 0.05) is 31.7 Å². The molecule has 4 rings (SSSR count). The third-order valence-electron chi connectivity index (χ3n) is 6.44. The number of hydrogen-bond donors (Lipinski definition) is 0. The van der Waals surface area contributed by atoms with Crippen molar-refractivity contribution in [2.45, 2.75) is 70.4 Å². The molecule has 2 saturated heterocycles. The highest BCUT2D eigenvalue weighted by Crippen LogP contribution is 2.29. The zero-order valence-corrected chi connectivity index (χ0v) is 17.3. The van der Waals surface area contributed by atoms with E-state index in [4.69, 9.17) is 4.98 Å². The molecule has 6 heteroatoms. The summed E-state index contributed by atoms with van der Waals surface area (Å²) in [5, 5.41) is 0. The number of nitrogens with zero attached hydrogens (tertiary/aromatic N) is 5. The lowest BCUT2D eigenvalue weighted by Gasteiger charge is -2.37. The molecule has 6 nitrogen and oxygen atoms in total. The van der Waals surface area contributed by atoms with Crippen LogP contribution in [0.3, 0.4) is 0 Å². The Morgan fingerprint density at radius 1 is 1.14 bits per heavy atom. The summed E-state index contributed by atoms with van der Waals surface area (Å²) in [6.07, 6.45) is 10.5. The summed E-state index contributed by atoms with van der Waals surface area (Å²) < 4.78 is 2.36. The van der Waals surface area contributed by atoms with Crippen LogP contribution in [-0.4, -0.2) is 63.0 Å². The SMILES string of the molecule is CCCc1nc2cccnc2n1C1CCN(C(=O)[C@H]2CCCCCN2C)CC1. The van der Waals surface area contributed by atoms with Gasteiger partial charge in [0.2, 0.25) is 5.91 Å². The maximum absolute atomic E-state index is 13.1. The molecule has 0 N–H and O–H groups in total. The van der Waals surface area contributed by atoms with E-state index in [1.165, 1.54) is 19.3 Å². The second-order valence-electron chi connectivity index (χ2n) is 8.40. The van der Waals surface area contributed by atoms with Crippen LogP contribution in [0.4, 0.5) is 0 Å². The van der Waals surface area contributed by atoms with E-state index >= 15 is 0 Å². The van der Waals surface area contributed by atoms with Crippen LogP contribution < -0.4 is 0 Å². The highest BCUT2D eigenvalue weighted by molar-refractivity contribution is 5.82. The molecule has 2 aromatic rings. The molecule has 4 heterocycles. The Morgan fingerprint density at radius 3 is 2.75 bits per heavy atom. The molecule has 2 aliphatic rings. The topological polar surface area (TPSA) is 54.3 Å². The molecular formula is C22H33N5O. The first-order valence-electron chi connectivity index (χ1n) is 11.0. The van der Waals surface area contributed by atoms with E-state index in [9.17, 15) is 4.79 Å². The fourth-order valence-electron chi connectivity index (χ4n) is 4.88. The van der Waals surface area contributed by atoms with Crippen molar-refractivity contribution in [3.8, 4) is 0 Å². The van der Waals surface area contributed by atoms with E-state index in [0.717, 1.165) is 68.7 Å². The average molecular weight is 384 g/mol. The molecular weight excluding hydrogens is 350 g/mol. The Labute approximate surface area is 167 Å². The van der Waals surface area contributed by atoms with Crippen molar-refractivity contribution in [2.75, 3.05) is 26.7 Å². The van der Waals surface area contributed by atoms with Gasteiger partial charge >= 0.3 is 0 Å². The van der Waals surface area contributed by atoms with Gasteiger partial charge < -0.3 is 9.47 Å². The van der Waals surface area contributed by atoms with Crippen molar-refractivity contribution in [1.29, 1.82) is 0 Å². The number of fused-ring (bicyclic) bond motifs is 1. The number of amides is 1. The highest BCUT2D eigenvalue weighted by atomic mass is 16.2. The summed E-state index contributed by atoms with van der Waals surface area (Å²) in [5.74, 6) is 1.48. The lowest BCUT2D eigenvalue weighted by Crippen LogP contribution is -2.49. The monoisotopic (exact) mass is 383 g/mol. The highest BCUT2D eigenvalue weighted by Gasteiger charge is 2.32. The van der Waals surface area contributed by atoms with E-state index in [-0.39, 0.29) is 6.04 Å². The number of hydrogen-bond acceptors (Lipinski definition) is 4. The predicted octanol–water partition coefficient (Wildman–Crippen LogP) is 3.42. The summed E-state index contributed by atoms with van der Waals surface area (Å²) in [5.41, 5.74) is 1.99. The lowest BCUT2D eigenvalue weighted by atomic mass is 10.0. The number of likely N-dealkylation sites (N-methyl/N-ethyl adjacent to an activating group) is 1. The summed E-state index contributed by atoms with van der Waals surface area (Å²) in [4.78, 5) is 27.0. The maximum Gasteiger partial charge on any atom is 0.239 e. The number of piperidine rings is 1.